The summed E-state index contributed by atoms with van der Waals surface area (Å²) in [5, 5.41) is -1.36. The van der Waals surface area contributed by atoms with E-state index in [-0.39, 0.29) is 0 Å². The summed E-state index contributed by atoms with van der Waals surface area (Å²) in [4.78, 5) is 13.1. The van der Waals surface area contributed by atoms with E-state index in [4.69, 9.17) is 11.6 Å². The van der Waals surface area contributed by atoms with Crippen LogP contribution in [0.15, 0.2) is 6.07 Å². The third-order valence-corrected chi connectivity index (χ3v) is 1.58. The predicted octanol–water partition coefficient (Wildman–Crippen LogP) is 2.68. The van der Waals surface area contributed by atoms with E-state index in [0.717, 1.165) is 0 Å². The Hall–Kier alpha value is -1.17. The van der Waals surface area contributed by atoms with Crippen molar-refractivity contribution in [2.75, 3.05) is 0 Å². The number of pyridine rings is 1. The maximum absolute atomic E-state index is 12.7. The molecule has 0 unspecified atom stereocenters. The van der Waals surface area contributed by atoms with Crippen LogP contribution in [0.1, 0.15) is 22.5 Å². The Morgan fingerprint density at radius 1 is 1.43 bits per heavy atom. The van der Waals surface area contributed by atoms with Crippen LogP contribution in [0.3, 0.4) is 0 Å². The van der Waals surface area contributed by atoms with Gasteiger partial charge in [0.15, 0.2) is 5.82 Å². The molecule has 0 aliphatic rings. The smallest absolute Gasteiger partial charge is 0.275 e. The van der Waals surface area contributed by atoms with Crippen molar-refractivity contribution in [1.82, 2.24) is 4.98 Å². The number of hydrogen-bond donors (Lipinski definition) is 0. The standard InChI is InChI=1S/C7H2ClF4NO/c8-5(14)2-1-3(6(10)11)13-7(12)4(2)9/h1,6H. The lowest BCUT2D eigenvalue weighted by molar-refractivity contribution is 0.107. The Morgan fingerprint density at radius 2 is 2.00 bits per heavy atom. The third-order valence-electron chi connectivity index (χ3n) is 1.37. The number of carbonyl (C=O) groups is 1. The second-order valence-corrected chi connectivity index (χ2v) is 2.62. The van der Waals surface area contributed by atoms with Gasteiger partial charge in [-0.15, -0.1) is 0 Å². The number of alkyl halides is 2. The first-order valence-corrected chi connectivity index (χ1v) is 3.65. The van der Waals surface area contributed by atoms with Crippen LogP contribution in [0.2, 0.25) is 0 Å². The minimum Gasteiger partial charge on any atom is -0.275 e. The van der Waals surface area contributed by atoms with E-state index in [9.17, 15) is 22.4 Å². The minimum absolute atomic E-state index is 0.415. The van der Waals surface area contributed by atoms with Gasteiger partial charge in [-0.2, -0.15) is 4.39 Å². The van der Waals surface area contributed by atoms with Gasteiger partial charge in [-0.3, -0.25) is 4.79 Å². The molecular weight excluding hydrogens is 226 g/mol. The van der Waals surface area contributed by atoms with Crippen molar-refractivity contribution in [2.24, 2.45) is 0 Å². The molecule has 0 amide bonds. The van der Waals surface area contributed by atoms with Crippen molar-refractivity contribution in [3.63, 3.8) is 0 Å². The molecule has 0 radical (unpaired) electrons. The van der Waals surface area contributed by atoms with Crippen LogP contribution < -0.4 is 0 Å². The van der Waals surface area contributed by atoms with Crippen molar-refractivity contribution in [1.29, 1.82) is 0 Å². The van der Waals surface area contributed by atoms with Crippen molar-refractivity contribution >= 4 is 16.8 Å². The van der Waals surface area contributed by atoms with Gasteiger partial charge in [0.05, 0.1) is 5.56 Å². The summed E-state index contributed by atoms with van der Waals surface area (Å²) in [5.41, 5.74) is -1.98. The Balaban J connectivity index is 3.35. The van der Waals surface area contributed by atoms with Gasteiger partial charge in [0.1, 0.15) is 5.69 Å². The van der Waals surface area contributed by atoms with Gasteiger partial charge in [-0.25, -0.2) is 18.2 Å². The molecule has 2 nitrogen and oxygen atoms in total. The number of aromatic nitrogens is 1. The molecule has 1 aromatic rings. The minimum atomic E-state index is -3.10. The van der Waals surface area contributed by atoms with Crippen LogP contribution >= 0.6 is 11.6 Å². The summed E-state index contributed by atoms with van der Waals surface area (Å²) in [6, 6.07) is 0.415. The van der Waals surface area contributed by atoms with Gasteiger partial charge in [-0.1, -0.05) is 0 Å². The molecule has 0 spiro atoms. The zero-order valence-corrected chi connectivity index (χ0v) is 7.16. The topological polar surface area (TPSA) is 30.0 Å². The highest BCUT2D eigenvalue weighted by atomic mass is 35.5. The molecule has 0 fully saturated rings. The molecule has 1 aromatic heterocycles. The number of hydrogen-bond acceptors (Lipinski definition) is 2. The molecule has 0 N–H and O–H groups in total. The Kier molecular flexibility index (Phi) is 3.05. The molecule has 1 rings (SSSR count). The maximum atomic E-state index is 12.7. The van der Waals surface area contributed by atoms with E-state index in [1.54, 1.807) is 0 Å². The van der Waals surface area contributed by atoms with Crippen molar-refractivity contribution < 1.29 is 22.4 Å². The van der Waals surface area contributed by atoms with E-state index in [1.165, 1.54) is 0 Å². The fourth-order valence-corrected chi connectivity index (χ4v) is 0.909. The second-order valence-electron chi connectivity index (χ2n) is 2.27. The van der Waals surface area contributed by atoms with Gasteiger partial charge >= 0.3 is 0 Å². The first-order valence-electron chi connectivity index (χ1n) is 3.27. The Labute approximate surface area is 80.5 Å². The molecule has 14 heavy (non-hydrogen) atoms. The lowest BCUT2D eigenvalue weighted by atomic mass is 10.2. The van der Waals surface area contributed by atoms with Crippen LogP contribution in [-0.2, 0) is 0 Å². The van der Waals surface area contributed by atoms with Gasteiger partial charge < -0.3 is 0 Å². The molecule has 0 aliphatic carbocycles. The van der Waals surface area contributed by atoms with E-state index >= 15 is 0 Å². The van der Waals surface area contributed by atoms with Crippen molar-refractivity contribution in [3.05, 3.63) is 29.1 Å². The molecular formula is C7H2ClF4NO. The van der Waals surface area contributed by atoms with E-state index in [1.807, 2.05) is 0 Å². The molecule has 0 bridgehead atoms. The van der Waals surface area contributed by atoms with Crippen molar-refractivity contribution in [2.45, 2.75) is 6.43 Å². The maximum Gasteiger partial charge on any atom is 0.280 e. The molecule has 0 atom stereocenters. The Bertz CT molecular complexity index is 382. The number of rotatable bonds is 2. The fraction of sp³-hybridized carbons (Fsp3) is 0.143. The second kappa shape index (κ2) is 3.91. The fourth-order valence-electron chi connectivity index (χ4n) is 0.772. The average Bonchev–Trinajstić information content (AvgIpc) is 2.08. The Morgan fingerprint density at radius 3 is 2.43 bits per heavy atom. The third kappa shape index (κ3) is 2.01. The lowest BCUT2D eigenvalue weighted by Crippen LogP contribution is -2.04. The van der Waals surface area contributed by atoms with Crippen LogP contribution in [0, 0.1) is 11.8 Å². The van der Waals surface area contributed by atoms with Gasteiger partial charge in [0, 0.05) is 0 Å². The van der Waals surface area contributed by atoms with Crippen LogP contribution in [0.5, 0.6) is 0 Å². The zero-order valence-electron chi connectivity index (χ0n) is 6.40. The van der Waals surface area contributed by atoms with Gasteiger partial charge in [-0.05, 0) is 17.7 Å². The monoisotopic (exact) mass is 227 g/mol. The predicted molar refractivity (Wildman–Crippen MR) is 39.3 cm³/mol. The summed E-state index contributed by atoms with van der Waals surface area (Å²) < 4.78 is 49.3. The molecule has 0 saturated heterocycles. The summed E-state index contributed by atoms with van der Waals surface area (Å²) in [6.07, 6.45) is -3.10. The molecule has 1 heterocycles. The SMILES string of the molecule is O=C(Cl)c1cc(C(F)F)nc(F)c1F. The number of nitrogens with zero attached hydrogens (tertiary/aromatic N) is 1. The first kappa shape index (κ1) is 10.9. The lowest BCUT2D eigenvalue weighted by Gasteiger charge is -2.02. The number of halogens is 5. The van der Waals surface area contributed by atoms with Crippen LogP contribution in [0.25, 0.3) is 0 Å². The normalized spacial score (nSPS) is 10.7. The van der Waals surface area contributed by atoms with Crippen LogP contribution in [-0.4, -0.2) is 10.2 Å². The van der Waals surface area contributed by atoms with Gasteiger partial charge in [0.25, 0.3) is 11.7 Å². The van der Waals surface area contributed by atoms with E-state index < -0.39 is 34.7 Å². The van der Waals surface area contributed by atoms with Gasteiger partial charge in [0.2, 0.25) is 5.95 Å². The summed E-state index contributed by atoms with van der Waals surface area (Å²) >= 11 is 4.84. The quantitative estimate of drug-likeness (QED) is 0.442. The average molecular weight is 228 g/mol. The molecule has 0 saturated carbocycles. The summed E-state index contributed by atoms with van der Waals surface area (Å²) in [5.74, 6) is -3.40. The van der Waals surface area contributed by atoms with E-state index in [2.05, 4.69) is 4.98 Å². The van der Waals surface area contributed by atoms with Crippen LogP contribution in [0.4, 0.5) is 17.6 Å². The first-order chi connectivity index (χ1) is 6.43. The summed E-state index contributed by atoms with van der Waals surface area (Å²) in [7, 11) is 0. The zero-order chi connectivity index (χ0) is 10.9. The van der Waals surface area contributed by atoms with Crippen molar-refractivity contribution in [3.8, 4) is 0 Å². The summed E-state index contributed by atoms with van der Waals surface area (Å²) in [6.45, 7) is 0. The number of carbonyl (C=O) groups excluding carboxylic acids is 1. The molecule has 0 aromatic carbocycles. The largest absolute Gasteiger partial charge is 0.280 e. The molecule has 0 aliphatic heterocycles. The highest BCUT2D eigenvalue weighted by Gasteiger charge is 2.20. The highest BCUT2D eigenvalue weighted by molar-refractivity contribution is 6.67. The highest BCUT2D eigenvalue weighted by Crippen LogP contribution is 2.21. The molecule has 7 heteroatoms. The van der Waals surface area contributed by atoms with E-state index in [0.29, 0.717) is 6.07 Å². The molecule has 76 valence electrons.